The molecule has 0 bridgehead atoms. The molecule has 31 heavy (non-hydrogen) atoms. The molecule has 4 nitrogen and oxygen atoms in total. The van der Waals surface area contributed by atoms with Crippen molar-refractivity contribution in [1.29, 1.82) is 0 Å². The van der Waals surface area contributed by atoms with Gasteiger partial charge in [-0.3, -0.25) is 4.79 Å². The Kier molecular flexibility index (Phi) is 11.1. The molecule has 0 radical (unpaired) electrons. The zero-order chi connectivity index (χ0) is 22.5. The van der Waals surface area contributed by atoms with Gasteiger partial charge in [0.25, 0.3) is 0 Å². The number of benzene rings is 2. The highest BCUT2D eigenvalue weighted by atomic mass is 32.2. The topological polar surface area (TPSA) is 77.8 Å². The highest BCUT2D eigenvalue weighted by Gasteiger charge is 2.12. The minimum atomic E-state index is -0.464. The number of thioether (sulfide) groups is 1. The van der Waals surface area contributed by atoms with E-state index in [1.165, 1.54) is 68.8 Å². The van der Waals surface area contributed by atoms with Crippen molar-refractivity contribution < 1.29 is 20.1 Å². The quantitative estimate of drug-likeness (QED) is 0.0713. The third kappa shape index (κ3) is 9.09. The van der Waals surface area contributed by atoms with Crippen molar-refractivity contribution in [3.8, 4) is 17.2 Å². The monoisotopic (exact) mass is 442 g/mol. The molecule has 2 aromatic carbocycles. The molecule has 0 aliphatic carbocycles. The van der Waals surface area contributed by atoms with E-state index >= 15 is 0 Å². The number of unbranched alkanes of at least 4 members (excludes halogenated alkanes) is 8. The van der Waals surface area contributed by atoms with E-state index in [-0.39, 0.29) is 11.3 Å². The molecule has 0 unspecified atom stereocenters. The van der Waals surface area contributed by atoms with Crippen molar-refractivity contribution in [3.63, 3.8) is 0 Å². The van der Waals surface area contributed by atoms with Gasteiger partial charge < -0.3 is 15.3 Å². The van der Waals surface area contributed by atoms with Crippen LogP contribution in [0, 0.1) is 0 Å². The summed E-state index contributed by atoms with van der Waals surface area (Å²) in [6.07, 6.45) is 15.0. The second-order valence-electron chi connectivity index (χ2n) is 7.80. The first-order valence-electron chi connectivity index (χ1n) is 11.2. The van der Waals surface area contributed by atoms with Crippen LogP contribution in [0.15, 0.2) is 47.4 Å². The smallest absolute Gasteiger partial charge is 0.189 e. The Bertz CT molecular complexity index is 843. The molecule has 3 N–H and O–H groups in total. The van der Waals surface area contributed by atoms with E-state index in [0.717, 1.165) is 23.4 Å². The van der Waals surface area contributed by atoms with Crippen LogP contribution < -0.4 is 0 Å². The average Bonchev–Trinajstić information content (AvgIpc) is 2.76. The van der Waals surface area contributed by atoms with Gasteiger partial charge in [0, 0.05) is 11.0 Å². The summed E-state index contributed by atoms with van der Waals surface area (Å²) in [4.78, 5) is 13.5. The lowest BCUT2D eigenvalue weighted by atomic mass is 10.1. The predicted molar refractivity (Wildman–Crippen MR) is 129 cm³/mol. The van der Waals surface area contributed by atoms with Gasteiger partial charge in [-0.15, -0.1) is 11.8 Å². The summed E-state index contributed by atoms with van der Waals surface area (Å²) in [6, 6.07) is 10.0. The van der Waals surface area contributed by atoms with Crippen molar-refractivity contribution in [2.24, 2.45) is 0 Å². The first-order chi connectivity index (χ1) is 15.0. The maximum absolute atomic E-state index is 12.2. The molecule has 0 aliphatic rings. The molecule has 0 fully saturated rings. The summed E-state index contributed by atoms with van der Waals surface area (Å²) in [5.41, 5.74) is 0.822. The van der Waals surface area contributed by atoms with Gasteiger partial charge in [-0.25, -0.2) is 0 Å². The molecule has 0 aromatic heterocycles. The molecule has 0 spiro atoms. The lowest BCUT2D eigenvalue weighted by Crippen LogP contribution is -1.94. The van der Waals surface area contributed by atoms with Crippen molar-refractivity contribution >= 4 is 23.6 Å². The Hall–Kier alpha value is -2.40. The van der Waals surface area contributed by atoms with E-state index < -0.39 is 17.3 Å². The first kappa shape index (κ1) is 24.9. The van der Waals surface area contributed by atoms with Crippen LogP contribution >= 0.6 is 11.8 Å². The van der Waals surface area contributed by atoms with Crippen LogP contribution in [-0.2, 0) is 0 Å². The molecule has 0 amide bonds. The molecule has 0 aliphatic heterocycles. The molecule has 5 heteroatoms. The van der Waals surface area contributed by atoms with E-state index in [2.05, 4.69) is 6.92 Å². The number of phenols is 3. The SMILES string of the molecule is CCCCCCCCCCCSc1ccc(/C=C/C(=O)c2cc(O)c(O)cc2O)cc1. The molecule has 2 aromatic rings. The fourth-order valence-electron chi connectivity index (χ4n) is 3.30. The summed E-state index contributed by atoms with van der Waals surface area (Å²) in [5, 5.41) is 28.7. The highest BCUT2D eigenvalue weighted by Crippen LogP contribution is 2.32. The number of ketones is 1. The van der Waals surface area contributed by atoms with Crippen molar-refractivity contribution in [2.45, 2.75) is 69.6 Å². The molecule has 0 atom stereocenters. The van der Waals surface area contributed by atoms with Gasteiger partial charge in [-0.2, -0.15) is 0 Å². The molecule has 0 saturated heterocycles. The third-order valence-corrected chi connectivity index (χ3v) is 6.28. The van der Waals surface area contributed by atoms with Gasteiger partial charge in [0.15, 0.2) is 17.3 Å². The van der Waals surface area contributed by atoms with E-state index in [4.69, 9.17) is 0 Å². The van der Waals surface area contributed by atoms with Crippen LogP contribution in [0.2, 0.25) is 0 Å². The minimum absolute atomic E-state index is 0.0558. The van der Waals surface area contributed by atoms with Crippen LogP contribution in [0.4, 0.5) is 0 Å². The van der Waals surface area contributed by atoms with Gasteiger partial charge in [0.1, 0.15) is 5.75 Å². The minimum Gasteiger partial charge on any atom is -0.507 e. The summed E-state index contributed by atoms with van der Waals surface area (Å²) < 4.78 is 0. The number of allylic oxidation sites excluding steroid dienone is 1. The van der Waals surface area contributed by atoms with Gasteiger partial charge in [0.05, 0.1) is 5.56 Å². The molecular formula is C26H34O4S. The first-order valence-corrected chi connectivity index (χ1v) is 12.2. The van der Waals surface area contributed by atoms with Crippen LogP contribution in [0.5, 0.6) is 17.2 Å². The van der Waals surface area contributed by atoms with Crippen LogP contribution in [0.25, 0.3) is 6.08 Å². The average molecular weight is 443 g/mol. The zero-order valence-corrected chi connectivity index (χ0v) is 19.2. The fourth-order valence-corrected chi connectivity index (χ4v) is 4.22. The largest absolute Gasteiger partial charge is 0.507 e. The number of carbonyl (C=O) groups excluding carboxylic acids is 1. The maximum Gasteiger partial charge on any atom is 0.189 e. The second kappa shape index (κ2) is 13.8. The Balaban J connectivity index is 1.70. The molecule has 168 valence electrons. The lowest BCUT2D eigenvalue weighted by molar-refractivity contribution is 0.104. The van der Waals surface area contributed by atoms with Crippen molar-refractivity contribution in [3.05, 3.63) is 53.6 Å². The van der Waals surface area contributed by atoms with Crippen molar-refractivity contribution in [2.75, 3.05) is 5.75 Å². The zero-order valence-electron chi connectivity index (χ0n) is 18.3. The number of hydrogen-bond acceptors (Lipinski definition) is 5. The molecule has 0 heterocycles. The van der Waals surface area contributed by atoms with Crippen LogP contribution in [-0.4, -0.2) is 26.9 Å². The highest BCUT2D eigenvalue weighted by molar-refractivity contribution is 7.99. The van der Waals surface area contributed by atoms with Gasteiger partial charge >= 0.3 is 0 Å². The fraction of sp³-hybridized carbons (Fsp3) is 0.423. The summed E-state index contributed by atoms with van der Waals surface area (Å²) in [5.74, 6) is -0.603. The van der Waals surface area contributed by atoms with Gasteiger partial charge in [-0.05, 0) is 42.0 Å². The number of hydrogen-bond donors (Lipinski definition) is 3. The van der Waals surface area contributed by atoms with E-state index in [0.29, 0.717) is 0 Å². The molecule has 0 saturated carbocycles. The van der Waals surface area contributed by atoms with Crippen molar-refractivity contribution in [1.82, 2.24) is 0 Å². The van der Waals surface area contributed by atoms with E-state index in [1.54, 1.807) is 6.08 Å². The lowest BCUT2D eigenvalue weighted by Gasteiger charge is -2.04. The summed E-state index contributed by atoms with van der Waals surface area (Å²) in [6.45, 7) is 2.25. The number of phenolic OH excluding ortho intramolecular Hbond substituents is 3. The van der Waals surface area contributed by atoms with E-state index in [1.807, 2.05) is 36.0 Å². The normalized spacial score (nSPS) is 11.3. The summed E-state index contributed by atoms with van der Waals surface area (Å²) in [7, 11) is 0. The summed E-state index contributed by atoms with van der Waals surface area (Å²) >= 11 is 1.85. The standard InChI is InChI=1S/C26H34O4S/c1-2-3-4-5-6-7-8-9-10-17-31-21-14-11-20(12-15-21)13-16-23(27)22-18-25(29)26(30)19-24(22)28/h11-16,18-19,28-30H,2-10,17H2,1H3/b16-13+. The molecular weight excluding hydrogens is 408 g/mol. The van der Waals surface area contributed by atoms with E-state index in [9.17, 15) is 20.1 Å². The number of carbonyl (C=O) groups is 1. The second-order valence-corrected chi connectivity index (χ2v) is 8.97. The number of rotatable bonds is 14. The van der Waals surface area contributed by atoms with Gasteiger partial charge in [-0.1, -0.05) is 76.5 Å². The Morgan fingerprint density at radius 1 is 0.806 bits per heavy atom. The van der Waals surface area contributed by atoms with Crippen LogP contribution in [0.3, 0.4) is 0 Å². The Morgan fingerprint density at radius 2 is 1.39 bits per heavy atom. The Labute approximate surface area is 190 Å². The van der Waals surface area contributed by atoms with Crippen LogP contribution in [0.1, 0.15) is 80.6 Å². The predicted octanol–water partition coefficient (Wildman–Crippen LogP) is 7.32. The maximum atomic E-state index is 12.2. The third-order valence-electron chi connectivity index (χ3n) is 5.18. The number of aromatic hydroxyl groups is 3. The van der Waals surface area contributed by atoms with Gasteiger partial charge in [0.2, 0.25) is 0 Å². The Morgan fingerprint density at radius 3 is 2.03 bits per heavy atom. The molecule has 2 rings (SSSR count).